The normalized spacial score (nSPS) is 10.2. The third-order valence-corrected chi connectivity index (χ3v) is 2.28. The van der Waals surface area contributed by atoms with Gasteiger partial charge >= 0.3 is 5.97 Å². The summed E-state index contributed by atoms with van der Waals surface area (Å²) in [4.78, 5) is 14.2. The molecule has 0 aliphatic heterocycles. The fraction of sp³-hybridized carbons (Fsp3) is 0.0769. The Morgan fingerprint density at radius 3 is 2.42 bits per heavy atom. The molecule has 1 aromatic heterocycles. The molecule has 0 saturated carbocycles. The maximum Gasteiger partial charge on any atom is 0.354 e. The summed E-state index contributed by atoms with van der Waals surface area (Å²) < 4.78 is 31.1. The molecule has 1 heterocycles. The lowest BCUT2D eigenvalue weighted by molar-refractivity contribution is 0.0690. The van der Waals surface area contributed by atoms with Gasteiger partial charge in [-0.05, 0) is 29.8 Å². The van der Waals surface area contributed by atoms with Crippen LogP contribution < -0.4 is 4.74 Å². The highest BCUT2D eigenvalue weighted by molar-refractivity contribution is 5.85. The number of ether oxygens (including phenoxy) is 1. The minimum absolute atomic E-state index is 0.0389. The molecule has 0 saturated heterocycles. The van der Waals surface area contributed by atoms with Crippen molar-refractivity contribution in [3.63, 3.8) is 0 Å². The quantitative estimate of drug-likeness (QED) is 0.923. The molecule has 0 atom stereocenters. The van der Waals surface area contributed by atoms with Crippen molar-refractivity contribution < 1.29 is 23.4 Å². The van der Waals surface area contributed by atoms with Gasteiger partial charge in [0, 0.05) is 6.07 Å². The third-order valence-electron chi connectivity index (χ3n) is 2.28. The summed E-state index contributed by atoms with van der Waals surface area (Å²) >= 11 is 0. The molecular formula is C13H9F2NO3. The van der Waals surface area contributed by atoms with Gasteiger partial charge in [-0.15, -0.1) is 0 Å². The van der Waals surface area contributed by atoms with E-state index in [0.29, 0.717) is 11.3 Å². The minimum atomic E-state index is -1.14. The van der Waals surface area contributed by atoms with Gasteiger partial charge in [-0.2, -0.15) is 0 Å². The second kappa shape index (κ2) is 5.43. The predicted molar refractivity (Wildman–Crippen MR) is 61.9 cm³/mol. The van der Waals surface area contributed by atoms with Crippen LogP contribution >= 0.6 is 0 Å². The molecule has 0 fully saturated rings. The van der Waals surface area contributed by atoms with Gasteiger partial charge in [-0.1, -0.05) is 0 Å². The van der Waals surface area contributed by atoms with Crippen LogP contribution in [0.4, 0.5) is 8.78 Å². The molecule has 1 aromatic carbocycles. The molecule has 2 rings (SSSR count). The average molecular weight is 265 g/mol. The van der Waals surface area contributed by atoms with Crippen molar-refractivity contribution in [2.45, 2.75) is 6.61 Å². The van der Waals surface area contributed by atoms with Crippen molar-refractivity contribution in [1.82, 2.24) is 4.98 Å². The molecule has 0 radical (unpaired) electrons. The second-order valence-corrected chi connectivity index (χ2v) is 3.75. The SMILES string of the molecule is O=C(O)c1ccc(OCc2cc(F)cc(F)c2)cn1. The molecule has 0 bridgehead atoms. The van der Waals surface area contributed by atoms with E-state index >= 15 is 0 Å². The van der Waals surface area contributed by atoms with Crippen LogP contribution in [0.5, 0.6) is 5.75 Å². The number of nitrogens with zero attached hydrogens (tertiary/aromatic N) is 1. The highest BCUT2D eigenvalue weighted by Gasteiger charge is 2.05. The van der Waals surface area contributed by atoms with Gasteiger partial charge in [0.2, 0.25) is 0 Å². The Hall–Kier alpha value is -2.50. The number of aromatic carboxylic acids is 1. The first-order valence-electron chi connectivity index (χ1n) is 5.32. The van der Waals surface area contributed by atoms with E-state index in [-0.39, 0.29) is 12.3 Å². The Kier molecular flexibility index (Phi) is 3.70. The maximum atomic E-state index is 12.9. The number of benzene rings is 1. The lowest BCUT2D eigenvalue weighted by Crippen LogP contribution is -2.01. The first-order valence-corrected chi connectivity index (χ1v) is 5.32. The van der Waals surface area contributed by atoms with E-state index in [1.165, 1.54) is 18.3 Å². The smallest absolute Gasteiger partial charge is 0.354 e. The Bertz CT molecular complexity index is 579. The van der Waals surface area contributed by atoms with E-state index < -0.39 is 17.6 Å². The maximum absolute atomic E-state index is 12.9. The van der Waals surface area contributed by atoms with E-state index in [4.69, 9.17) is 9.84 Å². The summed E-state index contributed by atoms with van der Waals surface area (Å²) in [6.07, 6.45) is 1.24. The number of carboxylic acids is 1. The van der Waals surface area contributed by atoms with E-state index in [2.05, 4.69) is 4.98 Å². The van der Waals surface area contributed by atoms with Crippen LogP contribution in [0, 0.1) is 11.6 Å². The van der Waals surface area contributed by atoms with Crippen molar-refractivity contribution >= 4 is 5.97 Å². The highest BCUT2D eigenvalue weighted by Crippen LogP contribution is 2.14. The standard InChI is InChI=1S/C13H9F2NO3/c14-9-3-8(4-10(15)5-9)7-19-11-1-2-12(13(17)18)16-6-11/h1-6H,7H2,(H,17,18). The van der Waals surface area contributed by atoms with Crippen LogP contribution in [0.2, 0.25) is 0 Å². The van der Waals surface area contributed by atoms with Crippen molar-refractivity contribution in [2.75, 3.05) is 0 Å². The summed E-state index contributed by atoms with van der Waals surface area (Å²) in [6, 6.07) is 5.78. The molecule has 0 amide bonds. The molecule has 6 heteroatoms. The number of halogens is 2. The number of aromatic nitrogens is 1. The molecule has 0 spiro atoms. The minimum Gasteiger partial charge on any atom is -0.487 e. The molecule has 98 valence electrons. The van der Waals surface area contributed by atoms with E-state index in [9.17, 15) is 13.6 Å². The Morgan fingerprint density at radius 2 is 1.89 bits per heavy atom. The van der Waals surface area contributed by atoms with Crippen LogP contribution in [0.3, 0.4) is 0 Å². The number of hydrogen-bond acceptors (Lipinski definition) is 3. The van der Waals surface area contributed by atoms with Gasteiger partial charge in [0.1, 0.15) is 29.7 Å². The Morgan fingerprint density at radius 1 is 1.21 bits per heavy atom. The van der Waals surface area contributed by atoms with Gasteiger partial charge in [0.05, 0.1) is 6.20 Å². The van der Waals surface area contributed by atoms with Gasteiger partial charge in [-0.25, -0.2) is 18.6 Å². The molecule has 4 nitrogen and oxygen atoms in total. The first-order chi connectivity index (χ1) is 9.04. The van der Waals surface area contributed by atoms with Crippen molar-refractivity contribution in [3.05, 3.63) is 59.4 Å². The molecule has 0 aliphatic rings. The third kappa shape index (κ3) is 3.48. The predicted octanol–water partition coefficient (Wildman–Crippen LogP) is 2.64. The number of carbonyl (C=O) groups is 1. The van der Waals surface area contributed by atoms with E-state index in [1.54, 1.807) is 0 Å². The lowest BCUT2D eigenvalue weighted by Gasteiger charge is -2.06. The summed E-state index contributed by atoms with van der Waals surface area (Å²) in [5, 5.41) is 8.66. The topological polar surface area (TPSA) is 59.4 Å². The summed E-state index contributed by atoms with van der Waals surface area (Å²) in [6.45, 7) is -0.0389. The Labute approximate surface area is 107 Å². The molecule has 2 aromatic rings. The zero-order valence-corrected chi connectivity index (χ0v) is 9.64. The van der Waals surface area contributed by atoms with E-state index in [0.717, 1.165) is 18.2 Å². The highest BCUT2D eigenvalue weighted by atomic mass is 19.1. The van der Waals surface area contributed by atoms with Crippen molar-refractivity contribution in [1.29, 1.82) is 0 Å². The summed E-state index contributed by atoms with van der Waals surface area (Å²) in [5.41, 5.74) is 0.226. The van der Waals surface area contributed by atoms with Crippen LogP contribution in [-0.2, 0) is 6.61 Å². The van der Waals surface area contributed by atoms with E-state index in [1.807, 2.05) is 0 Å². The molecule has 0 aliphatic carbocycles. The zero-order valence-electron chi connectivity index (χ0n) is 9.64. The summed E-state index contributed by atoms with van der Waals surface area (Å²) in [7, 11) is 0. The molecule has 1 N–H and O–H groups in total. The average Bonchev–Trinajstić information content (AvgIpc) is 2.36. The van der Waals surface area contributed by atoms with Gasteiger partial charge in [0.15, 0.2) is 0 Å². The van der Waals surface area contributed by atoms with Gasteiger partial charge in [0.25, 0.3) is 0 Å². The van der Waals surface area contributed by atoms with Gasteiger partial charge in [-0.3, -0.25) is 0 Å². The van der Waals surface area contributed by atoms with Gasteiger partial charge < -0.3 is 9.84 Å². The molecular weight excluding hydrogens is 256 g/mol. The van der Waals surface area contributed by atoms with Crippen LogP contribution in [-0.4, -0.2) is 16.1 Å². The number of carboxylic acid groups (broad SMARTS) is 1. The molecule has 0 unspecified atom stereocenters. The largest absolute Gasteiger partial charge is 0.487 e. The fourth-order valence-electron chi connectivity index (χ4n) is 1.45. The number of hydrogen-bond donors (Lipinski definition) is 1. The second-order valence-electron chi connectivity index (χ2n) is 3.75. The lowest BCUT2D eigenvalue weighted by atomic mass is 10.2. The zero-order chi connectivity index (χ0) is 13.8. The summed E-state index contributed by atoms with van der Waals surface area (Å²) in [5.74, 6) is -2.19. The fourth-order valence-corrected chi connectivity index (χ4v) is 1.45. The number of rotatable bonds is 4. The van der Waals surface area contributed by atoms with Crippen molar-refractivity contribution in [2.24, 2.45) is 0 Å². The van der Waals surface area contributed by atoms with Crippen LogP contribution in [0.1, 0.15) is 16.1 Å². The molecule has 19 heavy (non-hydrogen) atoms. The van der Waals surface area contributed by atoms with Crippen LogP contribution in [0.15, 0.2) is 36.5 Å². The number of pyridine rings is 1. The van der Waals surface area contributed by atoms with Crippen LogP contribution in [0.25, 0.3) is 0 Å². The monoisotopic (exact) mass is 265 g/mol. The first kappa shape index (κ1) is 12.9. The van der Waals surface area contributed by atoms with Crippen molar-refractivity contribution in [3.8, 4) is 5.75 Å². The Balaban J connectivity index is 2.03.